The van der Waals surface area contributed by atoms with Gasteiger partial charge < -0.3 is 5.32 Å². The maximum Gasteiger partial charge on any atom is 0.220 e. The van der Waals surface area contributed by atoms with Crippen LogP contribution in [0.15, 0.2) is 24.5 Å². The fourth-order valence-corrected chi connectivity index (χ4v) is 2.61. The van der Waals surface area contributed by atoms with Crippen LogP contribution in [-0.2, 0) is 11.2 Å². The number of nitrogens with one attached hydrogen (secondary N) is 1. The van der Waals surface area contributed by atoms with E-state index in [0.717, 1.165) is 18.4 Å². The SMILES string of the molecule is CC1CCCCC1NC(=O)CCc1cccnc1. The summed E-state index contributed by atoms with van der Waals surface area (Å²) < 4.78 is 0. The van der Waals surface area contributed by atoms with Gasteiger partial charge in [0.1, 0.15) is 0 Å². The molecule has 3 heteroatoms. The molecular weight excluding hydrogens is 224 g/mol. The Labute approximate surface area is 109 Å². The van der Waals surface area contributed by atoms with Crippen molar-refractivity contribution in [2.24, 2.45) is 5.92 Å². The third-order valence-electron chi connectivity index (χ3n) is 3.82. The van der Waals surface area contributed by atoms with E-state index in [-0.39, 0.29) is 5.91 Å². The van der Waals surface area contributed by atoms with Crippen molar-refractivity contribution in [1.82, 2.24) is 10.3 Å². The Kier molecular flexibility index (Phi) is 4.73. The van der Waals surface area contributed by atoms with Crippen LogP contribution in [-0.4, -0.2) is 16.9 Å². The molecule has 0 bridgehead atoms. The molecule has 1 heterocycles. The highest BCUT2D eigenvalue weighted by atomic mass is 16.1. The van der Waals surface area contributed by atoms with Crippen molar-refractivity contribution < 1.29 is 4.79 Å². The number of carbonyl (C=O) groups is 1. The van der Waals surface area contributed by atoms with Gasteiger partial charge in [0, 0.05) is 24.9 Å². The zero-order valence-electron chi connectivity index (χ0n) is 11.1. The molecule has 0 aromatic carbocycles. The largest absolute Gasteiger partial charge is 0.353 e. The standard InChI is InChI=1S/C15H22N2O/c1-12-5-2-3-7-14(12)17-15(18)9-8-13-6-4-10-16-11-13/h4,6,10-12,14H,2-3,5,7-9H2,1H3,(H,17,18). The van der Waals surface area contributed by atoms with Gasteiger partial charge in [0.05, 0.1) is 0 Å². The average molecular weight is 246 g/mol. The number of nitrogens with zero attached hydrogens (tertiary/aromatic N) is 1. The maximum absolute atomic E-state index is 11.9. The third-order valence-corrected chi connectivity index (χ3v) is 3.82. The molecule has 0 spiro atoms. The van der Waals surface area contributed by atoms with Crippen LogP contribution in [0.3, 0.4) is 0 Å². The van der Waals surface area contributed by atoms with E-state index in [1.54, 1.807) is 6.20 Å². The molecule has 1 aliphatic carbocycles. The quantitative estimate of drug-likeness (QED) is 0.887. The van der Waals surface area contributed by atoms with Crippen LogP contribution < -0.4 is 5.32 Å². The summed E-state index contributed by atoms with van der Waals surface area (Å²) in [5, 5.41) is 3.18. The number of rotatable bonds is 4. The molecule has 1 aromatic rings. The fraction of sp³-hybridized carbons (Fsp3) is 0.600. The van der Waals surface area contributed by atoms with Gasteiger partial charge in [-0.1, -0.05) is 25.8 Å². The maximum atomic E-state index is 11.9. The van der Waals surface area contributed by atoms with Crippen molar-refractivity contribution in [3.8, 4) is 0 Å². The second-order valence-corrected chi connectivity index (χ2v) is 5.30. The molecule has 2 atom stereocenters. The average Bonchev–Trinajstić information content (AvgIpc) is 2.40. The number of carbonyl (C=O) groups excluding carboxylic acids is 1. The van der Waals surface area contributed by atoms with E-state index in [1.165, 1.54) is 19.3 Å². The van der Waals surface area contributed by atoms with Crippen molar-refractivity contribution in [3.63, 3.8) is 0 Å². The van der Waals surface area contributed by atoms with Crippen molar-refractivity contribution in [3.05, 3.63) is 30.1 Å². The minimum Gasteiger partial charge on any atom is -0.353 e. The Bertz CT molecular complexity index is 377. The van der Waals surface area contributed by atoms with Crippen LogP contribution in [0.2, 0.25) is 0 Å². The normalized spacial score (nSPS) is 23.6. The predicted molar refractivity (Wildman–Crippen MR) is 72.1 cm³/mol. The molecule has 1 fully saturated rings. The van der Waals surface area contributed by atoms with Crippen LogP contribution in [0, 0.1) is 5.92 Å². The first-order valence-corrected chi connectivity index (χ1v) is 6.94. The summed E-state index contributed by atoms with van der Waals surface area (Å²) in [5.74, 6) is 0.804. The molecule has 1 aromatic heterocycles. The number of aromatic nitrogens is 1. The van der Waals surface area contributed by atoms with E-state index in [2.05, 4.69) is 17.2 Å². The highest BCUT2D eigenvalue weighted by Gasteiger charge is 2.22. The smallest absolute Gasteiger partial charge is 0.220 e. The summed E-state index contributed by atoms with van der Waals surface area (Å²) >= 11 is 0. The lowest BCUT2D eigenvalue weighted by molar-refractivity contribution is -0.122. The second kappa shape index (κ2) is 6.53. The van der Waals surface area contributed by atoms with E-state index in [1.807, 2.05) is 18.3 Å². The van der Waals surface area contributed by atoms with Gasteiger partial charge in [0.2, 0.25) is 5.91 Å². The first-order chi connectivity index (χ1) is 8.75. The van der Waals surface area contributed by atoms with Crippen molar-refractivity contribution >= 4 is 5.91 Å². The first-order valence-electron chi connectivity index (χ1n) is 6.94. The zero-order chi connectivity index (χ0) is 12.8. The molecule has 1 N–H and O–H groups in total. The Hall–Kier alpha value is -1.38. The Morgan fingerprint density at radius 2 is 2.28 bits per heavy atom. The van der Waals surface area contributed by atoms with Gasteiger partial charge in [-0.15, -0.1) is 0 Å². The monoisotopic (exact) mass is 246 g/mol. The third kappa shape index (κ3) is 3.83. The lowest BCUT2D eigenvalue weighted by Crippen LogP contribution is -2.41. The second-order valence-electron chi connectivity index (χ2n) is 5.30. The minimum atomic E-state index is 0.178. The van der Waals surface area contributed by atoms with E-state index in [9.17, 15) is 4.79 Å². The van der Waals surface area contributed by atoms with Crippen molar-refractivity contribution in [2.75, 3.05) is 0 Å². The number of aryl methyl sites for hydroxylation is 1. The number of hydrogen-bond donors (Lipinski definition) is 1. The predicted octanol–water partition coefficient (Wildman–Crippen LogP) is 2.71. The molecule has 0 saturated heterocycles. The van der Waals surface area contributed by atoms with Gasteiger partial charge in [-0.05, 0) is 36.8 Å². The van der Waals surface area contributed by atoms with Crippen LogP contribution in [0.1, 0.15) is 44.6 Å². The molecule has 0 aliphatic heterocycles. The van der Waals surface area contributed by atoms with Crippen LogP contribution >= 0.6 is 0 Å². The summed E-state index contributed by atoms with van der Waals surface area (Å²) in [6.45, 7) is 2.24. The first kappa shape index (κ1) is 13.1. The molecule has 3 nitrogen and oxygen atoms in total. The minimum absolute atomic E-state index is 0.178. The van der Waals surface area contributed by atoms with Gasteiger partial charge in [0.15, 0.2) is 0 Å². The van der Waals surface area contributed by atoms with E-state index in [0.29, 0.717) is 18.4 Å². The number of amides is 1. The molecule has 1 aliphatic rings. The number of pyridine rings is 1. The van der Waals surface area contributed by atoms with Gasteiger partial charge in [-0.2, -0.15) is 0 Å². The van der Waals surface area contributed by atoms with Gasteiger partial charge in [-0.3, -0.25) is 9.78 Å². The Balaban J connectivity index is 1.75. The molecule has 0 radical (unpaired) electrons. The molecular formula is C15H22N2O. The van der Waals surface area contributed by atoms with E-state index >= 15 is 0 Å². The number of hydrogen-bond acceptors (Lipinski definition) is 2. The highest BCUT2D eigenvalue weighted by Crippen LogP contribution is 2.23. The fourth-order valence-electron chi connectivity index (χ4n) is 2.61. The molecule has 18 heavy (non-hydrogen) atoms. The lowest BCUT2D eigenvalue weighted by atomic mass is 9.86. The van der Waals surface area contributed by atoms with Crippen LogP contribution in [0.5, 0.6) is 0 Å². The van der Waals surface area contributed by atoms with Gasteiger partial charge >= 0.3 is 0 Å². The molecule has 98 valence electrons. The topological polar surface area (TPSA) is 42.0 Å². The van der Waals surface area contributed by atoms with Gasteiger partial charge in [-0.25, -0.2) is 0 Å². The van der Waals surface area contributed by atoms with Crippen molar-refractivity contribution in [1.29, 1.82) is 0 Å². The van der Waals surface area contributed by atoms with Crippen LogP contribution in [0.25, 0.3) is 0 Å². The molecule has 1 saturated carbocycles. The Morgan fingerprint density at radius 1 is 1.44 bits per heavy atom. The molecule has 2 rings (SSSR count). The van der Waals surface area contributed by atoms with E-state index in [4.69, 9.17) is 0 Å². The summed E-state index contributed by atoms with van der Waals surface area (Å²) in [6, 6.07) is 4.32. The summed E-state index contributed by atoms with van der Waals surface area (Å²) in [4.78, 5) is 16.0. The lowest BCUT2D eigenvalue weighted by Gasteiger charge is -2.29. The summed E-state index contributed by atoms with van der Waals surface area (Å²) in [7, 11) is 0. The van der Waals surface area contributed by atoms with E-state index < -0.39 is 0 Å². The van der Waals surface area contributed by atoms with Crippen molar-refractivity contribution in [2.45, 2.75) is 51.5 Å². The van der Waals surface area contributed by atoms with Crippen LogP contribution in [0.4, 0.5) is 0 Å². The highest BCUT2D eigenvalue weighted by molar-refractivity contribution is 5.76. The van der Waals surface area contributed by atoms with Gasteiger partial charge in [0.25, 0.3) is 0 Å². The molecule has 2 unspecified atom stereocenters. The molecule has 1 amide bonds. The zero-order valence-corrected chi connectivity index (χ0v) is 11.1. The summed E-state index contributed by atoms with van der Waals surface area (Å²) in [5.41, 5.74) is 1.13. The summed E-state index contributed by atoms with van der Waals surface area (Å²) in [6.07, 6.45) is 9.87. The Morgan fingerprint density at radius 3 is 3.00 bits per heavy atom.